The largest absolute Gasteiger partial charge is 0.357 e. The highest BCUT2D eigenvalue weighted by molar-refractivity contribution is 7.98. The molecule has 0 spiro atoms. The van der Waals surface area contributed by atoms with Crippen LogP contribution in [0.15, 0.2) is 82.5 Å². The Hall–Kier alpha value is -3.31. The van der Waals surface area contributed by atoms with Crippen LogP contribution in [0.2, 0.25) is 0 Å². The third-order valence-electron chi connectivity index (χ3n) is 4.96. The van der Waals surface area contributed by atoms with Crippen molar-refractivity contribution in [2.24, 2.45) is 0 Å². The Bertz CT molecular complexity index is 1280. The highest BCUT2D eigenvalue weighted by Gasteiger charge is 2.10. The molecule has 1 heterocycles. The molecule has 0 aliphatic carbocycles. The molecule has 5 heteroatoms. The zero-order chi connectivity index (χ0) is 21.1. The van der Waals surface area contributed by atoms with E-state index in [-0.39, 0.29) is 11.3 Å². The number of aryl methyl sites for hydroxylation is 2. The number of thioether (sulfide) groups is 1. The normalized spacial score (nSPS) is 10.9. The van der Waals surface area contributed by atoms with Crippen LogP contribution in [0.4, 0.5) is 5.69 Å². The van der Waals surface area contributed by atoms with E-state index < -0.39 is 0 Å². The van der Waals surface area contributed by atoms with Gasteiger partial charge >= 0.3 is 0 Å². The number of hydrogen-bond acceptors (Lipinski definition) is 3. The quantitative estimate of drug-likeness (QED) is 0.413. The number of anilines is 1. The Balaban J connectivity index is 1.54. The molecule has 0 aliphatic rings. The Labute approximate surface area is 179 Å². The molecule has 1 aromatic heterocycles. The lowest BCUT2D eigenvalue weighted by atomic mass is 10.1. The fourth-order valence-corrected chi connectivity index (χ4v) is 4.22. The third-order valence-corrected chi connectivity index (χ3v) is 6.08. The SMILES string of the molecule is Cc1ccc(C(=O)Nc2ccccc2SCc2cc(=O)c3cccc(C)c3[nH]2)cc1. The van der Waals surface area contributed by atoms with Gasteiger partial charge in [-0.1, -0.05) is 42.0 Å². The second-order valence-electron chi connectivity index (χ2n) is 7.26. The van der Waals surface area contributed by atoms with Crippen molar-refractivity contribution in [3.05, 3.63) is 105 Å². The topological polar surface area (TPSA) is 62.0 Å². The molecule has 0 saturated heterocycles. The number of H-pyrrole nitrogens is 1. The van der Waals surface area contributed by atoms with Crippen LogP contribution in [0.1, 0.15) is 27.2 Å². The predicted molar refractivity (Wildman–Crippen MR) is 124 cm³/mol. The Kier molecular flexibility index (Phi) is 5.72. The number of carbonyl (C=O) groups excluding carboxylic acids is 1. The van der Waals surface area contributed by atoms with Crippen LogP contribution in [-0.2, 0) is 5.75 Å². The zero-order valence-electron chi connectivity index (χ0n) is 16.9. The van der Waals surface area contributed by atoms with E-state index in [0.29, 0.717) is 16.7 Å². The van der Waals surface area contributed by atoms with Gasteiger partial charge in [-0.05, 0) is 49.7 Å². The fourth-order valence-electron chi connectivity index (χ4n) is 3.30. The van der Waals surface area contributed by atoms with E-state index in [2.05, 4.69) is 10.3 Å². The lowest BCUT2D eigenvalue weighted by Gasteiger charge is -2.12. The Morgan fingerprint density at radius 1 is 0.967 bits per heavy atom. The summed E-state index contributed by atoms with van der Waals surface area (Å²) < 4.78 is 0. The molecule has 0 atom stereocenters. The number of benzene rings is 3. The Morgan fingerprint density at radius 3 is 2.53 bits per heavy atom. The van der Waals surface area contributed by atoms with Crippen LogP contribution in [0.25, 0.3) is 10.9 Å². The molecule has 0 saturated carbocycles. The third kappa shape index (κ3) is 4.31. The molecule has 0 bridgehead atoms. The van der Waals surface area contributed by atoms with Gasteiger partial charge in [0.05, 0.1) is 11.2 Å². The van der Waals surface area contributed by atoms with E-state index in [9.17, 15) is 9.59 Å². The first kappa shape index (κ1) is 20.0. The second kappa shape index (κ2) is 8.59. The summed E-state index contributed by atoms with van der Waals surface area (Å²) in [6, 6.07) is 22.6. The van der Waals surface area contributed by atoms with Gasteiger partial charge in [-0.15, -0.1) is 11.8 Å². The number of hydrogen-bond donors (Lipinski definition) is 2. The molecule has 0 radical (unpaired) electrons. The number of carbonyl (C=O) groups is 1. The molecule has 150 valence electrons. The molecule has 2 N–H and O–H groups in total. The van der Waals surface area contributed by atoms with Crippen LogP contribution in [0.5, 0.6) is 0 Å². The van der Waals surface area contributed by atoms with Crippen molar-refractivity contribution in [1.82, 2.24) is 4.98 Å². The molecule has 4 aromatic rings. The van der Waals surface area contributed by atoms with Gasteiger partial charge in [0.1, 0.15) is 0 Å². The minimum Gasteiger partial charge on any atom is -0.357 e. The summed E-state index contributed by atoms with van der Waals surface area (Å²) in [5.41, 5.74) is 5.28. The summed E-state index contributed by atoms with van der Waals surface area (Å²) in [6.45, 7) is 3.98. The van der Waals surface area contributed by atoms with Crippen LogP contribution < -0.4 is 10.7 Å². The molecule has 30 heavy (non-hydrogen) atoms. The van der Waals surface area contributed by atoms with Crippen molar-refractivity contribution in [1.29, 1.82) is 0 Å². The molecular weight excluding hydrogens is 392 g/mol. The monoisotopic (exact) mass is 414 g/mol. The van der Waals surface area contributed by atoms with Gasteiger partial charge in [-0.2, -0.15) is 0 Å². The number of para-hydroxylation sites is 2. The first-order valence-electron chi connectivity index (χ1n) is 9.72. The molecule has 3 aromatic carbocycles. The van der Waals surface area contributed by atoms with Gasteiger partial charge in [0.25, 0.3) is 5.91 Å². The first-order valence-corrected chi connectivity index (χ1v) is 10.7. The van der Waals surface area contributed by atoms with E-state index in [0.717, 1.165) is 32.9 Å². The van der Waals surface area contributed by atoms with Gasteiger partial charge in [0.2, 0.25) is 0 Å². The van der Waals surface area contributed by atoms with Crippen LogP contribution in [0, 0.1) is 13.8 Å². The van der Waals surface area contributed by atoms with Gasteiger partial charge in [-0.25, -0.2) is 0 Å². The van der Waals surface area contributed by atoms with Gasteiger partial charge in [0, 0.05) is 33.4 Å². The van der Waals surface area contributed by atoms with E-state index in [1.165, 1.54) is 0 Å². The molecule has 4 nitrogen and oxygen atoms in total. The van der Waals surface area contributed by atoms with Crippen LogP contribution in [-0.4, -0.2) is 10.9 Å². The summed E-state index contributed by atoms with van der Waals surface area (Å²) in [7, 11) is 0. The maximum atomic E-state index is 12.6. The van der Waals surface area contributed by atoms with Gasteiger partial charge < -0.3 is 10.3 Å². The maximum Gasteiger partial charge on any atom is 0.255 e. The minimum atomic E-state index is -0.141. The van der Waals surface area contributed by atoms with E-state index in [1.807, 2.05) is 80.6 Å². The fraction of sp³-hybridized carbons (Fsp3) is 0.120. The smallest absolute Gasteiger partial charge is 0.255 e. The van der Waals surface area contributed by atoms with Crippen molar-refractivity contribution >= 4 is 34.3 Å². The summed E-state index contributed by atoms with van der Waals surface area (Å²) in [5.74, 6) is 0.453. The van der Waals surface area contributed by atoms with Crippen molar-refractivity contribution < 1.29 is 4.79 Å². The second-order valence-corrected chi connectivity index (χ2v) is 8.28. The summed E-state index contributed by atoms with van der Waals surface area (Å²) >= 11 is 1.58. The molecular formula is C25H22N2O2S. The maximum absolute atomic E-state index is 12.6. The number of aromatic nitrogens is 1. The minimum absolute atomic E-state index is 0.0176. The van der Waals surface area contributed by atoms with Crippen molar-refractivity contribution in [3.63, 3.8) is 0 Å². The summed E-state index contributed by atoms with van der Waals surface area (Å²) in [4.78, 5) is 29.4. The number of rotatable bonds is 5. The molecule has 4 rings (SSSR count). The van der Waals surface area contributed by atoms with E-state index in [1.54, 1.807) is 17.8 Å². The highest BCUT2D eigenvalue weighted by Crippen LogP contribution is 2.30. The highest BCUT2D eigenvalue weighted by atomic mass is 32.2. The predicted octanol–water partition coefficient (Wildman–Crippen LogP) is 5.69. The average molecular weight is 415 g/mol. The van der Waals surface area contributed by atoms with Crippen molar-refractivity contribution in [3.8, 4) is 0 Å². The number of nitrogens with one attached hydrogen (secondary N) is 2. The number of pyridine rings is 1. The lowest BCUT2D eigenvalue weighted by molar-refractivity contribution is 0.102. The van der Waals surface area contributed by atoms with E-state index >= 15 is 0 Å². The molecule has 1 amide bonds. The number of fused-ring (bicyclic) bond motifs is 1. The van der Waals surface area contributed by atoms with Gasteiger partial charge in [0.15, 0.2) is 5.43 Å². The van der Waals surface area contributed by atoms with Crippen molar-refractivity contribution in [2.75, 3.05) is 5.32 Å². The number of amides is 1. The average Bonchev–Trinajstić information content (AvgIpc) is 2.74. The summed E-state index contributed by atoms with van der Waals surface area (Å²) in [6.07, 6.45) is 0. The number of aromatic amines is 1. The zero-order valence-corrected chi connectivity index (χ0v) is 17.7. The standard InChI is InChI=1S/C25H22N2O2S/c1-16-10-12-18(13-11-16)25(29)27-21-8-3-4-9-23(21)30-15-19-14-22(28)20-7-5-6-17(2)24(20)26-19/h3-14H,15H2,1-2H3,(H,26,28)(H,27,29). The Morgan fingerprint density at radius 2 is 1.73 bits per heavy atom. The van der Waals surface area contributed by atoms with Gasteiger partial charge in [-0.3, -0.25) is 9.59 Å². The van der Waals surface area contributed by atoms with E-state index in [4.69, 9.17) is 0 Å². The lowest BCUT2D eigenvalue weighted by Crippen LogP contribution is -2.12. The first-order chi connectivity index (χ1) is 14.5. The molecule has 0 fully saturated rings. The van der Waals surface area contributed by atoms with Crippen molar-refractivity contribution in [2.45, 2.75) is 24.5 Å². The molecule has 0 aliphatic heterocycles. The van der Waals surface area contributed by atoms with Crippen LogP contribution >= 0.6 is 11.8 Å². The van der Waals surface area contributed by atoms with Crippen LogP contribution in [0.3, 0.4) is 0 Å². The summed E-state index contributed by atoms with van der Waals surface area (Å²) in [5, 5.41) is 3.70. The molecule has 0 unspecified atom stereocenters.